The molecule has 10 nitrogen and oxygen atoms in total. The van der Waals surface area contributed by atoms with E-state index in [9.17, 15) is 24.5 Å². The van der Waals surface area contributed by atoms with Gasteiger partial charge >= 0.3 is 6.03 Å². The van der Waals surface area contributed by atoms with Crippen molar-refractivity contribution in [2.75, 3.05) is 31.1 Å². The highest BCUT2D eigenvalue weighted by Gasteiger charge is 2.41. The minimum Gasteiger partial charge on any atom is -1.00 e. The number of carbonyl (C=O) groups is 3. The van der Waals surface area contributed by atoms with Crippen LogP contribution in [-0.4, -0.2) is 59.4 Å². The predicted octanol–water partition coefficient (Wildman–Crippen LogP) is -2.76. The number of nitrogens with zero attached hydrogens (tertiary/aromatic N) is 3. The van der Waals surface area contributed by atoms with E-state index in [1.807, 2.05) is 0 Å². The fourth-order valence-electron chi connectivity index (χ4n) is 3.47. The lowest BCUT2D eigenvalue weighted by atomic mass is 10.00. The summed E-state index contributed by atoms with van der Waals surface area (Å²) in [5.74, 6) is -1.54. The second kappa shape index (κ2) is 8.80. The number of halogens is 1. The number of barbiturate groups is 1. The highest BCUT2D eigenvalue weighted by Crippen LogP contribution is 2.29. The van der Waals surface area contributed by atoms with Crippen LogP contribution in [0.4, 0.5) is 16.2 Å². The van der Waals surface area contributed by atoms with Gasteiger partial charge in [-0.05, 0) is 32.9 Å². The third-order valence-corrected chi connectivity index (χ3v) is 4.84. The van der Waals surface area contributed by atoms with Crippen LogP contribution in [0.2, 0.25) is 0 Å². The minimum atomic E-state index is -0.838. The largest absolute Gasteiger partial charge is 1.00 e. The number of non-ortho nitro benzene ring substituents is 1. The van der Waals surface area contributed by atoms with Crippen molar-refractivity contribution in [2.24, 2.45) is 0 Å². The van der Waals surface area contributed by atoms with E-state index in [0.29, 0.717) is 11.3 Å². The van der Waals surface area contributed by atoms with Gasteiger partial charge in [0.05, 0.1) is 31.1 Å². The number of nitro groups is 1. The fourth-order valence-corrected chi connectivity index (χ4v) is 3.47. The molecular formula is C19H24ClN5O5. The Bertz CT molecular complexity index is 918. The second-order valence-corrected chi connectivity index (χ2v) is 7.98. The summed E-state index contributed by atoms with van der Waals surface area (Å²) in [7, 11) is 0. The minimum absolute atomic E-state index is 0. The van der Waals surface area contributed by atoms with Gasteiger partial charge in [0, 0.05) is 28.9 Å². The van der Waals surface area contributed by atoms with E-state index in [-0.39, 0.29) is 23.7 Å². The van der Waals surface area contributed by atoms with Crippen LogP contribution in [0.25, 0.3) is 6.08 Å². The molecule has 0 atom stereocenters. The molecule has 0 aliphatic carbocycles. The molecule has 2 aliphatic rings. The monoisotopic (exact) mass is 437 g/mol. The van der Waals surface area contributed by atoms with E-state index in [2.05, 4.69) is 15.5 Å². The number of quaternary nitrogens is 1. The van der Waals surface area contributed by atoms with Crippen molar-refractivity contribution >= 4 is 35.3 Å². The maximum atomic E-state index is 12.9. The lowest BCUT2D eigenvalue weighted by Crippen LogP contribution is -3.00. The maximum absolute atomic E-state index is 12.9. The maximum Gasteiger partial charge on any atom is 0.331 e. The Kier molecular flexibility index (Phi) is 6.84. The van der Waals surface area contributed by atoms with Crippen molar-refractivity contribution in [3.63, 3.8) is 0 Å². The molecule has 2 saturated heterocycles. The van der Waals surface area contributed by atoms with Crippen molar-refractivity contribution in [1.29, 1.82) is 0 Å². The van der Waals surface area contributed by atoms with E-state index < -0.39 is 28.3 Å². The molecule has 0 saturated carbocycles. The van der Waals surface area contributed by atoms with Gasteiger partial charge in [0.1, 0.15) is 5.57 Å². The molecule has 0 unspecified atom stereocenters. The zero-order chi connectivity index (χ0) is 21.3. The summed E-state index contributed by atoms with van der Waals surface area (Å²) in [5, 5.41) is 15.6. The molecular weight excluding hydrogens is 414 g/mol. The molecule has 2 aliphatic heterocycles. The first-order valence-electron chi connectivity index (χ1n) is 9.36. The highest BCUT2D eigenvalue weighted by molar-refractivity contribution is 6.31. The zero-order valence-electron chi connectivity index (χ0n) is 17.0. The summed E-state index contributed by atoms with van der Waals surface area (Å²) in [6, 6.07) is 3.60. The molecule has 2 heterocycles. The molecule has 162 valence electrons. The average molecular weight is 438 g/mol. The Morgan fingerprint density at radius 3 is 2.37 bits per heavy atom. The number of urea groups is 1. The topological polar surface area (TPSA) is 129 Å². The molecule has 0 aromatic heterocycles. The Hall–Kier alpha value is -2.98. The molecule has 30 heavy (non-hydrogen) atoms. The quantitative estimate of drug-likeness (QED) is 0.228. The number of carbonyl (C=O) groups excluding carboxylic acids is 3. The molecule has 0 spiro atoms. The van der Waals surface area contributed by atoms with E-state index in [1.54, 1.807) is 26.8 Å². The number of benzene rings is 1. The van der Waals surface area contributed by atoms with Gasteiger partial charge in [-0.25, -0.2) is 4.79 Å². The Balaban J connectivity index is 0.00000320. The van der Waals surface area contributed by atoms with Crippen molar-refractivity contribution in [2.45, 2.75) is 26.3 Å². The summed E-state index contributed by atoms with van der Waals surface area (Å²) in [5.41, 5.74) is -0.116. The van der Waals surface area contributed by atoms with Crippen molar-refractivity contribution < 1.29 is 37.0 Å². The molecule has 1 aromatic carbocycles. The smallest absolute Gasteiger partial charge is 0.331 e. The highest BCUT2D eigenvalue weighted by atomic mass is 35.5. The van der Waals surface area contributed by atoms with Crippen molar-refractivity contribution in [3.8, 4) is 0 Å². The van der Waals surface area contributed by atoms with E-state index in [1.165, 1.54) is 18.2 Å². The number of anilines is 1. The number of hydrogen-bond acceptors (Lipinski definition) is 6. The van der Waals surface area contributed by atoms with Crippen LogP contribution in [-0.2, 0) is 9.59 Å². The molecule has 1 aromatic rings. The van der Waals surface area contributed by atoms with Crippen LogP contribution in [0, 0.1) is 10.1 Å². The molecule has 0 radical (unpaired) electrons. The summed E-state index contributed by atoms with van der Waals surface area (Å²) in [4.78, 5) is 51.3. The van der Waals surface area contributed by atoms with Crippen LogP contribution >= 0.6 is 0 Å². The number of nitrogens with two attached hydrogens (primary N) is 1. The molecule has 0 bridgehead atoms. The molecule has 3 rings (SSSR count). The number of hydrogen-bond donors (Lipinski definition) is 2. The Morgan fingerprint density at radius 1 is 1.17 bits per heavy atom. The average Bonchev–Trinajstić information content (AvgIpc) is 2.64. The van der Waals surface area contributed by atoms with Gasteiger partial charge in [-0.1, -0.05) is 0 Å². The standard InChI is InChI=1S/C19H23N5O5.ClH/c1-19(2,3)23-17(26)14(16(25)21-18(23)27)11-12-10-13(24(28)29)4-5-15(12)22-8-6-20-7-9-22;/h4-5,10-11,20H,6-9H2,1-3H3,(H,21,25,27);1H/b14-11-;. The molecule has 2 fully saturated rings. The summed E-state index contributed by atoms with van der Waals surface area (Å²) < 4.78 is 0. The van der Waals surface area contributed by atoms with Gasteiger partial charge in [0.2, 0.25) is 0 Å². The van der Waals surface area contributed by atoms with Crippen LogP contribution in [0.3, 0.4) is 0 Å². The van der Waals surface area contributed by atoms with Crippen molar-refractivity contribution in [3.05, 3.63) is 39.4 Å². The Labute approximate surface area is 179 Å². The zero-order valence-corrected chi connectivity index (χ0v) is 17.7. The van der Waals surface area contributed by atoms with Gasteiger partial charge in [-0.15, -0.1) is 0 Å². The number of imide groups is 2. The lowest BCUT2D eigenvalue weighted by Gasteiger charge is -2.36. The first-order valence-corrected chi connectivity index (χ1v) is 9.36. The third-order valence-electron chi connectivity index (χ3n) is 4.84. The third kappa shape index (κ3) is 4.60. The van der Waals surface area contributed by atoms with Gasteiger partial charge < -0.3 is 22.6 Å². The SMILES string of the molecule is CC(C)(C)N1C(=O)NC(=O)/C(=C/c2cc([N+](=O)[O-])ccc2N2CC[NH2+]CC2)C1=O.[Cl-]. The molecule has 3 N–H and O–H groups in total. The van der Waals surface area contributed by atoms with Crippen LogP contribution in [0.15, 0.2) is 23.8 Å². The van der Waals surface area contributed by atoms with Gasteiger partial charge in [-0.2, -0.15) is 0 Å². The van der Waals surface area contributed by atoms with E-state index in [0.717, 1.165) is 31.1 Å². The summed E-state index contributed by atoms with van der Waals surface area (Å²) in [6.07, 6.45) is 1.34. The van der Waals surface area contributed by atoms with Crippen LogP contribution in [0.1, 0.15) is 26.3 Å². The van der Waals surface area contributed by atoms with Crippen LogP contribution in [0.5, 0.6) is 0 Å². The summed E-state index contributed by atoms with van der Waals surface area (Å²) in [6.45, 7) is 8.27. The number of nitro benzene ring substituents is 1. The number of nitrogens with one attached hydrogen (secondary N) is 1. The molecule has 4 amide bonds. The first kappa shape index (κ1) is 23.3. The van der Waals surface area contributed by atoms with E-state index in [4.69, 9.17) is 0 Å². The second-order valence-electron chi connectivity index (χ2n) is 7.98. The van der Waals surface area contributed by atoms with Gasteiger partial charge in [0.15, 0.2) is 0 Å². The number of amides is 4. The van der Waals surface area contributed by atoms with Gasteiger partial charge in [0.25, 0.3) is 17.5 Å². The van der Waals surface area contributed by atoms with Gasteiger partial charge in [-0.3, -0.25) is 29.9 Å². The summed E-state index contributed by atoms with van der Waals surface area (Å²) >= 11 is 0. The first-order chi connectivity index (χ1) is 13.6. The van der Waals surface area contributed by atoms with E-state index >= 15 is 0 Å². The Morgan fingerprint density at radius 2 is 1.80 bits per heavy atom. The predicted molar refractivity (Wildman–Crippen MR) is 105 cm³/mol. The number of piperazine rings is 1. The van der Waals surface area contributed by atoms with Crippen LogP contribution < -0.4 is 27.9 Å². The normalized spacial score (nSPS) is 18.9. The van der Waals surface area contributed by atoms with Crippen molar-refractivity contribution in [1.82, 2.24) is 10.2 Å². The fraction of sp³-hybridized carbons (Fsp3) is 0.421. The molecule has 11 heteroatoms. The lowest BCUT2D eigenvalue weighted by molar-refractivity contribution is -0.655. The number of rotatable bonds is 3.